The van der Waals surface area contributed by atoms with Gasteiger partial charge >= 0.3 is 0 Å². The Morgan fingerprint density at radius 1 is 0.438 bits per heavy atom. The second kappa shape index (κ2) is 21.7. The topological polar surface area (TPSA) is 200 Å². The first-order chi connectivity index (χ1) is 30.2. The quantitative estimate of drug-likeness (QED) is 0.0484. The van der Waals surface area contributed by atoms with Gasteiger partial charge in [-0.2, -0.15) is 20.5 Å². The first-order valence-corrected chi connectivity index (χ1v) is 21.2. The van der Waals surface area contributed by atoms with Crippen LogP contribution in [-0.2, 0) is 19.2 Å². The molecule has 4 amide bonds. The monoisotopic (exact) mass is 1020 g/mol. The highest BCUT2D eigenvalue weighted by atomic mass is 35.5. The Morgan fingerprint density at radius 2 is 0.781 bits per heavy atom. The van der Waals surface area contributed by atoms with Gasteiger partial charge in [-0.3, -0.25) is 28.8 Å². The molecule has 14 nitrogen and oxygen atoms in total. The van der Waals surface area contributed by atoms with Gasteiger partial charge in [-0.15, -0.1) is 0 Å². The summed E-state index contributed by atoms with van der Waals surface area (Å²) in [5.74, 6) is -4.27. The number of ketones is 2. The van der Waals surface area contributed by atoms with Gasteiger partial charge in [0, 0.05) is 11.4 Å². The van der Waals surface area contributed by atoms with E-state index in [-0.39, 0.29) is 85.4 Å². The Balaban J connectivity index is 1.26. The summed E-state index contributed by atoms with van der Waals surface area (Å²) in [5, 5.41) is 27.1. The third kappa shape index (κ3) is 12.1. The average Bonchev–Trinajstić information content (AvgIpc) is 3.23. The predicted molar refractivity (Wildman–Crippen MR) is 253 cm³/mol. The average molecular weight is 1030 g/mol. The summed E-state index contributed by atoms with van der Waals surface area (Å²) in [7, 11) is 0. The van der Waals surface area contributed by atoms with Gasteiger partial charge in [0.25, 0.3) is 23.6 Å². The molecule has 0 bridgehead atoms. The molecular formula is C42H30Cl8N8O6. The van der Waals surface area contributed by atoms with E-state index < -0.39 is 47.3 Å². The zero-order chi connectivity index (χ0) is 47.2. The van der Waals surface area contributed by atoms with Gasteiger partial charge in [0.1, 0.15) is 0 Å². The molecule has 0 aliphatic carbocycles. The third-order valence-electron chi connectivity index (χ3n) is 8.89. The molecule has 0 saturated heterocycles. The fourth-order valence-electron chi connectivity index (χ4n) is 5.50. The molecule has 0 heterocycles. The first kappa shape index (κ1) is 49.8. The molecule has 2 atom stereocenters. The van der Waals surface area contributed by atoms with Crippen LogP contribution in [0.1, 0.15) is 45.7 Å². The number of carbonyl (C=O) groups is 6. The number of rotatable bonds is 14. The summed E-state index contributed by atoms with van der Waals surface area (Å²) in [6.07, 6.45) is 0. The summed E-state index contributed by atoms with van der Waals surface area (Å²) in [6.45, 7) is 5.57. The second-order valence-corrected chi connectivity index (χ2v) is 16.7. The third-order valence-corrected chi connectivity index (χ3v) is 12.1. The van der Waals surface area contributed by atoms with Gasteiger partial charge in [-0.1, -0.05) is 92.8 Å². The number of halogens is 8. The smallest absolute Gasteiger partial charge is 0.258 e. The number of hydrogen-bond acceptors (Lipinski definition) is 10. The van der Waals surface area contributed by atoms with Crippen molar-refractivity contribution in [3.63, 3.8) is 0 Å². The zero-order valence-corrected chi connectivity index (χ0v) is 39.4. The summed E-state index contributed by atoms with van der Waals surface area (Å²) in [6, 6.07) is 13.9. The van der Waals surface area contributed by atoms with Crippen molar-refractivity contribution in [3.8, 4) is 0 Å². The highest BCUT2D eigenvalue weighted by molar-refractivity contribution is 6.50. The number of nitrogens with one attached hydrogen (secondary N) is 4. The van der Waals surface area contributed by atoms with Crippen molar-refractivity contribution in [2.45, 2.75) is 39.8 Å². The number of carbonyl (C=O) groups excluding carboxylic acids is 6. The Hall–Kier alpha value is -5.16. The Kier molecular flexibility index (Phi) is 16.9. The Bertz CT molecular complexity index is 2630. The van der Waals surface area contributed by atoms with Crippen molar-refractivity contribution in [3.05, 3.63) is 135 Å². The van der Waals surface area contributed by atoms with Gasteiger partial charge in [-0.05, 0) is 112 Å². The van der Waals surface area contributed by atoms with E-state index in [0.717, 1.165) is 13.8 Å². The molecule has 64 heavy (non-hydrogen) atoms. The van der Waals surface area contributed by atoms with Gasteiger partial charge < -0.3 is 21.3 Å². The SMILES string of the molecule is CC(=O)C(N=Nc1ccc(Cl)c(C(=O)Nc2ccc(Cl)c(Cl)c2Cl)c1)C(=O)Nc1cc(C)c(NC(=O)C(N=Nc2ccc(Cl)c(C(=O)Nc3ccc(Cl)c(Cl)c3Cl)c2)C(C)=O)cc1C. The maximum absolute atomic E-state index is 13.4. The first-order valence-electron chi connectivity index (χ1n) is 18.2. The van der Waals surface area contributed by atoms with E-state index in [1.165, 1.54) is 72.8 Å². The number of nitrogens with zero attached hydrogens (tertiary/aromatic N) is 4. The standard InChI is InChI=1S/C42H30Cl8N8O6/c1-17-13-32(54-42(64)38(20(4)60)58-56-22-6-8-26(44)24(16-22)40(62)52-30-12-10-28(46)34(48)36(30)50)18(2)14-31(17)53-41(63)37(19(3)59)57-55-21-5-7-25(43)23(15-21)39(61)51-29-11-9-27(45)33(47)35(29)49/h5-16,37-38H,1-4H3,(H,51,61)(H,52,62)(H,53,63)(H,54,64). The number of benzene rings is 5. The van der Waals surface area contributed by atoms with Crippen LogP contribution in [0.25, 0.3) is 0 Å². The summed E-state index contributed by atoms with van der Waals surface area (Å²) >= 11 is 49.1. The van der Waals surface area contributed by atoms with Gasteiger partial charge in [0.15, 0.2) is 11.6 Å². The van der Waals surface area contributed by atoms with Crippen LogP contribution in [0.3, 0.4) is 0 Å². The van der Waals surface area contributed by atoms with Crippen molar-refractivity contribution >= 4 is 162 Å². The van der Waals surface area contributed by atoms with Crippen LogP contribution in [0.4, 0.5) is 34.1 Å². The summed E-state index contributed by atoms with van der Waals surface area (Å²) in [4.78, 5) is 78.2. The lowest BCUT2D eigenvalue weighted by atomic mass is 10.1. The minimum Gasteiger partial charge on any atom is -0.324 e. The lowest BCUT2D eigenvalue weighted by Gasteiger charge is -2.16. The van der Waals surface area contributed by atoms with Crippen molar-refractivity contribution in [2.75, 3.05) is 21.3 Å². The number of Topliss-reactive ketones (excluding diaryl/α,β-unsaturated/α-hetero) is 2. The highest BCUT2D eigenvalue weighted by Gasteiger charge is 2.27. The van der Waals surface area contributed by atoms with E-state index in [1.54, 1.807) is 13.8 Å². The van der Waals surface area contributed by atoms with Crippen molar-refractivity contribution in [1.82, 2.24) is 0 Å². The molecule has 4 N–H and O–H groups in total. The van der Waals surface area contributed by atoms with Crippen molar-refractivity contribution in [1.29, 1.82) is 0 Å². The fourth-order valence-corrected chi connectivity index (χ4v) is 7.07. The maximum Gasteiger partial charge on any atom is 0.258 e. The van der Waals surface area contributed by atoms with Crippen LogP contribution in [0.15, 0.2) is 93.3 Å². The maximum atomic E-state index is 13.4. The molecule has 0 fully saturated rings. The Labute approximate surface area is 405 Å². The van der Waals surface area contributed by atoms with Gasteiger partial charge in [0.05, 0.1) is 74.1 Å². The number of anilines is 4. The number of azo groups is 2. The van der Waals surface area contributed by atoms with E-state index in [4.69, 9.17) is 92.8 Å². The molecule has 22 heteroatoms. The van der Waals surface area contributed by atoms with E-state index in [2.05, 4.69) is 41.7 Å². The molecule has 5 aromatic carbocycles. The number of hydrogen-bond donors (Lipinski definition) is 4. The molecule has 0 aliphatic rings. The molecule has 0 saturated carbocycles. The predicted octanol–water partition coefficient (Wildman–Crippen LogP) is 13.4. The second-order valence-electron chi connectivity index (χ2n) is 13.6. The number of aryl methyl sites for hydroxylation is 2. The lowest BCUT2D eigenvalue weighted by molar-refractivity contribution is -0.127. The molecule has 0 radical (unpaired) electrons. The van der Waals surface area contributed by atoms with Crippen molar-refractivity contribution < 1.29 is 28.8 Å². The van der Waals surface area contributed by atoms with Crippen LogP contribution >= 0.6 is 92.8 Å². The van der Waals surface area contributed by atoms with Gasteiger partial charge in [0.2, 0.25) is 12.1 Å². The molecule has 0 spiro atoms. The highest BCUT2D eigenvalue weighted by Crippen LogP contribution is 2.38. The molecular weight excluding hydrogens is 996 g/mol. The Morgan fingerprint density at radius 3 is 1.12 bits per heavy atom. The zero-order valence-electron chi connectivity index (χ0n) is 33.3. The van der Waals surface area contributed by atoms with E-state index in [0.29, 0.717) is 11.1 Å². The van der Waals surface area contributed by atoms with Crippen LogP contribution in [0, 0.1) is 13.8 Å². The van der Waals surface area contributed by atoms with Crippen LogP contribution in [-0.4, -0.2) is 47.3 Å². The molecule has 5 rings (SSSR count). The molecule has 0 aromatic heterocycles. The lowest BCUT2D eigenvalue weighted by Crippen LogP contribution is -2.32. The van der Waals surface area contributed by atoms with Gasteiger partial charge in [-0.25, -0.2) is 0 Å². The van der Waals surface area contributed by atoms with E-state index in [1.807, 2.05) is 0 Å². The molecule has 330 valence electrons. The summed E-state index contributed by atoms with van der Waals surface area (Å²) in [5.41, 5.74) is 1.96. The number of amides is 4. The largest absolute Gasteiger partial charge is 0.324 e. The fraction of sp³-hybridized carbons (Fsp3) is 0.143. The minimum atomic E-state index is -1.60. The minimum absolute atomic E-state index is 0.0146. The van der Waals surface area contributed by atoms with Crippen LogP contribution in [0.2, 0.25) is 40.2 Å². The van der Waals surface area contributed by atoms with E-state index >= 15 is 0 Å². The molecule has 5 aromatic rings. The molecule has 0 aliphatic heterocycles. The van der Waals surface area contributed by atoms with Crippen molar-refractivity contribution in [2.24, 2.45) is 20.5 Å². The normalized spacial score (nSPS) is 12.2. The molecule has 2 unspecified atom stereocenters. The van der Waals surface area contributed by atoms with Crippen LogP contribution < -0.4 is 21.3 Å². The van der Waals surface area contributed by atoms with Crippen LogP contribution in [0.5, 0.6) is 0 Å². The van der Waals surface area contributed by atoms with E-state index in [9.17, 15) is 28.8 Å². The summed E-state index contributed by atoms with van der Waals surface area (Å²) < 4.78 is 0.